The van der Waals surface area contributed by atoms with Gasteiger partial charge in [-0.05, 0) is 46.2 Å². The first-order valence-corrected chi connectivity index (χ1v) is 9.14. The van der Waals surface area contributed by atoms with Crippen LogP contribution in [0, 0.1) is 0 Å². The van der Waals surface area contributed by atoms with E-state index in [9.17, 15) is 10.2 Å². The summed E-state index contributed by atoms with van der Waals surface area (Å²) in [5.41, 5.74) is 6.23. The molecule has 2 heteroatoms. The first kappa shape index (κ1) is 18.1. The molecule has 134 valence electrons. The quantitative estimate of drug-likeness (QED) is 0.553. The Morgan fingerprint density at radius 3 is 1.19 bits per heavy atom. The maximum Gasteiger partial charge on any atom is 0.119 e. The molecule has 0 fully saturated rings. The summed E-state index contributed by atoms with van der Waals surface area (Å²) in [6, 6.07) is 19.7. The van der Waals surface area contributed by atoms with Crippen molar-refractivity contribution in [2.24, 2.45) is 0 Å². The number of hydrogen-bond acceptors (Lipinski definition) is 2. The number of aromatic hydroxyl groups is 2. The van der Waals surface area contributed by atoms with Gasteiger partial charge in [-0.1, -0.05) is 76.2 Å². The van der Waals surface area contributed by atoms with Gasteiger partial charge >= 0.3 is 0 Å². The number of phenols is 2. The SMILES string of the molecule is CC(C)c1c(O)cccc1-c1ccc(-c2cccc(O)c2C(C)C)cc1. The molecule has 3 rings (SSSR count). The third-order valence-corrected chi connectivity index (χ3v) is 4.83. The predicted octanol–water partition coefficient (Wildman–Crippen LogP) is 6.68. The Morgan fingerprint density at radius 1 is 0.538 bits per heavy atom. The molecule has 26 heavy (non-hydrogen) atoms. The van der Waals surface area contributed by atoms with Crippen LogP contribution in [0.4, 0.5) is 0 Å². The van der Waals surface area contributed by atoms with E-state index in [1.807, 2.05) is 12.1 Å². The highest BCUT2D eigenvalue weighted by Gasteiger charge is 2.15. The Morgan fingerprint density at radius 2 is 0.885 bits per heavy atom. The van der Waals surface area contributed by atoms with Crippen molar-refractivity contribution in [3.05, 3.63) is 71.8 Å². The van der Waals surface area contributed by atoms with Gasteiger partial charge in [-0.2, -0.15) is 0 Å². The lowest BCUT2D eigenvalue weighted by atomic mass is 9.89. The highest BCUT2D eigenvalue weighted by atomic mass is 16.3. The van der Waals surface area contributed by atoms with Gasteiger partial charge in [-0.3, -0.25) is 0 Å². The summed E-state index contributed by atoms with van der Waals surface area (Å²) in [5, 5.41) is 20.5. The van der Waals surface area contributed by atoms with Crippen LogP contribution in [0.2, 0.25) is 0 Å². The smallest absolute Gasteiger partial charge is 0.119 e. The fourth-order valence-corrected chi connectivity index (χ4v) is 3.65. The zero-order chi connectivity index (χ0) is 18.8. The van der Waals surface area contributed by atoms with E-state index < -0.39 is 0 Å². The van der Waals surface area contributed by atoms with Crippen LogP contribution in [0.25, 0.3) is 22.3 Å². The summed E-state index contributed by atoms with van der Waals surface area (Å²) in [6.45, 7) is 8.37. The number of rotatable bonds is 4. The first-order chi connectivity index (χ1) is 12.4. The van der Waals surface area contributed by atoms with Crippen molar-refractivity contribution < 1.29 is 10.2 Å². The Balaban J connectivity index is 2.07. The molecule has 0 unspecified atom stereocenters. The zero-order valence-electron chi connectivity index (χ0n) is 15.8. The second kappa shape index (κ2) is 7.25. The molecule has 0 aliphatic rings. The molecular weight excluding hydrogens is 320 g/mol. The van der Waals surface area contributed by atoms with E-state index >= 15 is 0 Å². The van der Waals surface area contributed by atoms with Crippen LogP contribution in [0.1, 0.15) is 50.7 Å². The molecule has 3 aromatic rings. The van der Waals surface area contributed by atoms with Gasteiger partial charge in [0.1, 0.15) is 11.5 Å². The van der Waals surface area contributed by atoms with Gasteiger partial charge in [-0.25, -0.2) is 0 Å². The summed E-state index contributed by atoms with van der Waals surface area (Å²) in [7, 11) is 0. The highest BCUT2D eigenvalue weighted by Crippen LogP contribution is 2.38. The highest BCUT2D eigenvalue weighted by molar-refractivity contribution is 5.76. The molecule has 0 atom stereocenters. The normalized spacial score (nSPS) is 11.3. The fraction of sp³-hybridized carbons (Fsp3) is 0.250. The van der Waals surface area contributed by atoms with Crippen LogP contribution in [-0.4, -0.2) is 10.2 Å². The summed E-state index contributed by atoms with van der Waals surface area (Å²) < 4.78 is 0. The summed E-state index contributed by atoms with van der Waals surface area (Å²) in [6.07, 6.45) is 0. The lowest BCUT2D eigenvalue weighted by Crippen LogP contribution is -1.95. The average Bonchev–Trinajstić information content (AvgIpc) is 2.60. The van der Waals surface area contributed by atoms with Crippen LogP contribution >= 0.6 is 0 Å². The molecule has 0 radical (unpaired) electrons. The van der Waals surface area contributed by atoms with E-state index in [2.05, 4.69) is 64.1 Å². The van der Waals surface area contributed by atoms with E-state index in [4.69, 9.17) is 0 Å². The summed E-state index contributed by atoms with van der Waals surface area (Å²) >= 11 is 0. The Kier molecular flexibility index (Phi) is 5.03. The molecule has 0 saturated heterocycles. The van der Waals surface area contributed by atoms with Gasteiger partial charge in [-0.15, -0.1) is 0 Å². The van der Waals surface area contributed by atoms with Gasteiger partial charge < -0.3 is 10.2 Å². The van der Waals surface area contributed by atoms with Gasteiger partial charge in [0.2, 0.25) is 0 Å². The average molecular weight is 346 g/mol. The van der Waals surface area contributed by atoms with Crippen LogP contribution in [0.3, 0.4) is 0 Å². The topological polar surface area (TPSA) is 40.5 Å². The molecule has 0 spiro atoms. The Bertz CT molecular complexity index is 829. The van der Waals surface area contributed by atoms with Crippen molar-refractivity contribution in [3.63, 3.8) is 0 Å². The lowest BCUT2D eigenvalue weighted by Gasteiger charge is -2.17. The standard InChI is InChI=1S/C24H26O2/c1-15(2)23-19(7-5-9-21(23)25)17-11-13-18(14-12-17)20-8-6-10-22(26)24(20)16(3)4/h5-16,25-26H,1-4H3. The first-order valence-electron chi connectivity index (χ1n) is 9.14. The minimum Gasteiger partial charge on any atom is -0.508 e. The van der Waals surface area contributed by atoms with Crippen LogP contribution < -0.4 is 0 Å². The van der Waals surface area contributed by atoms with E-state index in [1.54, 1.807) is 12.1 Å². The van der Waals surface area contributed by atoms with E-state index in [-0.39, 0.29) is 11.8 Å². The summed E-state index contributed by atoms with van der Waals surface area (Å²) in [4.78, 5) is 0. The fourth-order valence-electron chi connectivity index (χ4n) is 3.65. The number of phenolic OH excluding ortho intramolecular Hbond substituents is 2. The zero-order valence-corrected chi connectivity index (χ0v) is 15.8. The second-order valence-electron chi connectivity index (χ2n) is 7.36. The van der Waals surface area contributed by atoms with Crippen molar-refractivity contribution in [2.75, 3.05) is 0 Å². The third-order valence-electron chi connectivity index (χ3n) is 4.83. The number of hydrogen-bond donors (Lipinski definition) is 2. The van der Waals surface area contributed by atoms with Crippen LogP contribution in [0.5, 0.6) is 11.5 Å². The van der Waals surface area contributed by atoms with Gasteiger partial charge in [0.15, 0.2) is 0 Å². The maximum atomic E-state index is 10.3. The van der Waals surface area contributed by atoms with Gasteiger partial charge in [0, 0.05) is 11.1 Å². The third kappa shape index (κ3) is 3.32. The van der Waals surface area contributed by atoms with Crippen LogP contribution in [0.15, 0.2) is 60.7 Å². The predicted molar refractivity (Wildman–Crippen MR) is 109 cm³/mol. The minimum atomic E-state index is 0.240. The maximum absolute atomic E-state index is 10.3. The number of benzene rings is 3. The lowest BCUT2D eigenvalue weighted by molar-refractivity contribution is 0.464. The van der Waals surface area contributed by atoms with Crippen molar-refractivity contribution in [2.45, 2.75) is 39.5 Å². The van der Waals surface area contributed by atoms with Crippen molar-refractivity contribution in [3.8, 4) is 33.8 Å². The molecule has 0 aliphatic carbocycles. The van der Waals surface area contributed by atoms with E-state index in [0.29, 0.717) is 11.5 Å². The van der Waals surface area contributed by atoms with Crippen LogP contribution in [-0.2, 0) is 0 Å². The monoisotopic (exact) mass is 346 g/mol. The molecule has 2 nitrogen and oxygen atoms in total. The molecule has 0 saturated carbocycles. The molecule has 0 aliphatic heterocycles. The van der Waals surface area contributed by atoms with Gasteiger partial charge in [0.25, 0.3) is 0 Å². The molecule has 0 amide bonds. The molecule has 2 N–H and O–H groups in total. The van der Waals surface area contributed by atoms with Gasteiger partial charge in [0.05, 0.1) is 0 Å². The molecule has 0 aromatic heterocycles. The Hall–Kier alpha value is -2.74. The molecule has 0 heterocycles. The van der Waals surface area contributed by atoms with Crippen molar-refractivity contribution >= 4 is 0 Å². The van der Waals surface area contributed by atoms with E-state index in [0.717, 1.165) is 33.4 Å². The largest absolute Gasteiger partial charge is 0.508 e. The summed E-state index contributed by atoms with van der Waals surface area (Å²) in [5.74, 6) is 1.17. The molecular formula is C24H26O2. The second-order valence-corrected chi connectivity index (χ2v) is 7.36. The van der Waals surface area contributed by atoms with E-state index in [1.165, 1.54) is 0 Å². The minimum absolute atomic E-state index is 0.240. The Labute approximate surface area is 155 Å². The van der Waals surface area contributed by atoms with Crippen molar-refractivity contribution in [1.82, 2.24) is 0 Å². The van der Waals surface area contributed by atoms with Crippen molar-refractivity contribution in [1.29, 1.82) is 0 Å². The molecule has 3 aromatic carbocycles. The molecule has 0 bridgehead atoms.